The molecule has 0 fully saturated rings. The van der Waals surface area contributed by atoms with Gasteiger partial charge in [-0.2, -0.15) is 5.10 Å². The molecule has 1 heterocycles. The number of nitrogens with zero attached hydrogens (tertiary/aromatic N) is 1. The van der Waals surface area contributed by atoms with Crippen molar-refractivity contribution in [1.29, 1.82) is 0 Å². The predicted molar refractivity (Wildman–Crippen MR) is 70.3 cm³/mol. The van der Waals surface area contributed by atoms with Crippen molar-refractivity contribution in [1.82, 2.24) is 10.2 Å². The minimum atomic E-state index is -0.502. The molecular weight excluding hydrogens is 248 g/mol. The largest absolute Gasteiger partial charge is 0.507 e. The molecule has 0 aliphatic carbocycles. The Bertz CT molecular complexity index is 621. The number of hydrogen-bond acceptors (Lipinski definition) is 5. The van der Waals surface area contributed by atoms with Gasteiger partial charge in [-0.1, -0.05) is 0 Å². The molecule has 1 amide bonds. The lowest BCUT2D eigenvalue weighted by molar-refractivity contribution is 0.102. The maximum absolute atomic E-state index is 12.0. The summed E-state index contributed by atoms with van der Waals surface area (Å²) in [6.07, 6.45) is 0. The first kappa shape index (κ1) is 12.7. The number of hydrogen-bond donors (Lipinski definition) is 4. The van der Waals surface area contributed by atoms with Gasteiger partial charge in [0.15, 0.2) is 5.82 Å². The lowest BCUT2D eigenvalue weighted by Gasteiger charge is -2.07. The molecule has 100 valence electrons. The van der Waals surface area contributed by atoms with E-state index in [0.29, 0.717) is 17.1 Å². The van der Waals surface area contributed by atoms with Crippen LogP contribution in [0.3, 0.4) is 0 Å². The zero-order valence-electron chi connectivity index (χ0n) is 10.5. The van der Waals surface area contributed by atoms with Gasteiger partial charge in [0.2, 0.25) is 0 Å². The smallest absolute Gasteiger partial charge is 0.260 e. The number of H-pyrrole nitrogens is 1. The van der Waals surface area contributed by atoms with Crippen molar-refractivity contribution in [2.75, 3.05) is 18.2 Å². The monoisotopic (exact) mass is 262 g/mol. The van der Waals surface area contributed by atoms with Crippen molar-refractivity contribution in [2.45, 2.75) is 6.92 Å². The minimum absolute atomic E-state index is 0.112. The number of carbonyl (C=O) groups is 1. The number of carbonyl (C=O) groups excluding carboxylic acids is 1. The summed E-state index contributed by atoms with van der Waals surface area (Å²) in [6.45, 7) is 1.74. The second-order valence-electron chi connectivity index (χ2n) is 3.95. The molecule has 0 radical (unpaired) electrons. The number of nitrogens with one attached hydrogen (secondary N) is 2. The van der Waals surface area contributed by atoms with Gasteiger partial charge < -0.3 is 20.9 Å². The number of rotatable bonds is 3. The van der Waals surface area contributed by atoms with E-state index in [0.717, 1.165) is 0 Å². The summed E-state index contributed by atoms with van der Waals surface area (Å²) in [6, 6.07) is 4.39. The molecule has 2 aromatic rings. The van der Waals surface area contributed by atoms with Crippen molar-refractivity contribution in [2.24, 2.45) is 0 Å². The summed E-state index contributed by atoms with van der Waals surface area (Å²) in [5.74, 6) is 0.0166. The normalized spacial score (nSPS) is 10.2. The summed E-state index contributed by atoms with van der Waals surface area (Å²) in [5.41, 5.74) is 6.86. The summed E-state index contributed by atoms with van der Waals surface area (Å²) in [7, 11) is 1.47. The van der Waals surface area contributed by atoms with E-state index in [-0.39, 0.29) is 17.1 Å². The molecule has 0 unspecified atom stereocenters. The highest BCUT2D eigenvalue weighted by Crippen LogP contribution is 2.25. The molecule has 19 heavy (non-hydrogen) atoms. The van der Waals surface area contributed by atoms with Crippen molar-refractivity contribution in [3.8, 4) is 11.5 Å². The number of methoxy groups -OCH3 is 1. The van der Waals surface area contributed by atoms with Crippen LogP contribution in [-0.4, -0.2) is 28.3 Å². The average molecular weight is 262 g/mol. The number of anilines is 2. The lowest BCUT2D eigenvalue weighted by atomic mass is 10.2. The highest BCUT2D eigenvalue weighted by Gasteiger charge is 2.15. The van der Waals surface area contributed by atoms with Gasteiger partial charge in [0.1, 0.15) is 11.5 Å². The Balaban J connectivity index is 2.23. The van der Waals surface area contributed by atoms with Crippen LogP contribution in [0.25, 0.3) is 0 Å². The first-order valence-electron chi connectivity index (χ1n) is 5.51. The second kappa shape index (κ2) is 4.89. The number of aromatic hydroxyl groups is 1. The molecule has 0 bridgehead atoms. The van der Waals surface area contributed by atoms with Crippen LogP contribution in [0, 0.1) is 6.92 Å². The third kappa shape index (κ3) is 2.44. The standard InChI is InChI=1S/C12H14N4O3/c1-6-10(13)11(16-15-6)14-12(18)8-4-3-7(19-2)5-9(8)17/h3-5,17H,13H2,1-2H3,(H2,14,15,16,18). The van der Waals surface area contributed by atoms with E-state index in [1.165, 1.54) is 19.2 Å². The molecule has 2 rings (SSSR count). The maximum Gasteiger partial charge on any atom is 0.260 e. The Morgan fingerprint density at radius 2 is 2.26 bits per heavy atom. The Morgan fingerprint density at radius 3 is 2.79 bits per heavy atom. The van der Waals surface area contributed by atoms with Crippen LogP contribution >= 0.6 is 0 Å². The number of nitrogens with two attached hydrogens (primary N) is 1. The number of aryl methyl sites for hydroxylation is 1. The number of aromatic nitrogens is 2. The van der Waals surface area contributed by atoms with Crippen LogP contribution in [0.5, 0.6) is 11.5 Å². The molecule has 0 saturated carbocycles. The molecule has 0 saturated heterocycles. The maximum atomic E-state index is 12.0. The van der Waals surface area contributed by atoms with Crippen molar-refractivity contribution < 1.29 is 14.6 Å². The molecule has 1 aromatic carbocycles. The van der Waals surface area contributed by atoms with E-state index in [4.69, 9.17) is 10.5 Å². The fraction of sp³-hybridized carbons (Fsp3) is 0.167. The van der Waals surface area contributed by atoms with Gasteiger partial charge in [0.05, 0.1) is 24.1 Å². The highest BCUT2D eigenvalue weighted by molar-refractivity contribution is 6.07. The van der Waals surface area contributed by atoms with Gasteiger partial charge in [-0.05, 0) is 19.1 Å². The molecule has 0 atom stereocenters. The fourth-order valence-electron chi connectivity index (χ4n) is 1.54. The molecule has 0 aliphatic heterocycles. The third-order valence-corrected chi connectivity index (χ3v) is 2.68. The van der Waals surface area contributed by atoms with Gasteiger partial charge in [-0.25, -0.2) is 0 Å². The van der Waals surface area contributed by atoms with Gasteiger partial charge in [-0.15, -0.1) is 0 Å². The zero-order chi connectivity index (χ0) is 14.0. The lowest BCUT2D eigenvalue weighted by Crippen LogP contribution is -2.13. The number of phenols is 1. The topological polar surface area (TPSA) is 113 Å². The number of ether oxygens (including phenoxy) is 1. The number of phenolic OH excluding ortho intramolecular Hbond substituents is 1. The Hall–Kier alpha value is -2.70. The quantitative estimate of drug-likeness (QED) is 0.665. The van der Waals surface area contributed by atoms with Crippen LogP contribution in [0.1, 0.15) is 16.1 Å². The van der Waals surface area contributed by atoms with E-state index >= 15 is 0 Å². The molecule has 7 heteroatoms. The number of benzene rings is 1. The van der Waals surface area contributed by atoms with Crippen molar-refractivity contribution in [3.63, 3.8) is 0 Å². The zero-order valence-corrected chi connectivity index (χ0v) is 10.5. The summed E-state index contributed by atoms with van der Waals surface area (Å²) >= 11 is 0. The van der Waals surface area contributed by atoms with E-state index in [1.54, 1.807) is 13.0 Å². The molecular formula is C12H14N4O3. The molecule has 1 aromatic heterocycles. The summed E-state index contributed by atoms with van der Waals surface area (Å²) < 4.78 is 4.94. The summed E-state index contributed by atoms with van der Waals surface area (Å²) in [4.78, 5) is 12.0. The van der Waals surface area contributed by atoms with Gasteiger partial charge in [0.25, 0.3) is 5.91 Å². The van der Waals surface area contributed by atoms with Crippen LogP contribution < -0.4 is 15.8 Å². The van der Waals surface area contributed by atoms with E-state index in [2.05, 4.69) is 15.5 Å². The number of nitrogen functional groups attached to an aromatic ring is 1. The average Bonchev–Trinajstić information content (AvgIpc) is 2.70. The SMILES string of the molecule is COc1ccc(C(=O)Nc2n[nH]c(C)c2N)c(O)c1. The first-order chi connectivity index (χ1) is 9.02. The second-order valence-corrected chi connectivity index (χ2v) is 3.95. The molecule has 0 aliphatic rings. The third-order valence-electron chi connectivity index (χ3n) is 2.68. The fourth-order valence-corrected chi connectivity index (χ4v) is 1.54. The predicted octanol–water partition coefficient (Wildman–Crippen LogP) is 1.27. The number of aromatic amines is 1. The first-order valence-corrected chi connectivity index (χ1v) is 5.51. The molecule has 5 N–H and O–H groups in total. The Kier molecular flexibility index (Phi) is 3.28. The van der Waals surface area contributed by atoms with Crippen LogP contribution in [-0.2, 0) is 0 Å². The van der Waals surface area contributed by atoms with Crippen LogP contribution in [0.2, 0.25) is 0 Å². The van der Waals surface area contributed by atoms with E-state index < -0.39 is 5.91 Å². The summed E-state index contributed by atoms with van der Waals surface area (Å²) in [5, 5.41) is 18.8. The Morgan fingerprint density at radius 1 is 1.53 bits per heavy atom. The van der Waals surface area contributed by atoms with E-state index in [1.807, 2.05) is 0 Å². The van der Waals surface area contributed by atoms with Crippen LogP contribution in [0.4, 0.5) is 11.5 Å². The van der Waals surface area contributed by atoms with Crippen LogP contribution in [0.15, 0.2) is 18.2 Å². The van der Waals surface area contributed by atoms with Gasteiger partial charge in [0, 0.05) is 6.07 Å². The molecule has 7 nitrogen and oxygen atoms in total. The van der Waals surface area contributed by atoms with E-state index in [9.17, 15) is 9.90 Å². The van der Waals surface area contributed by atoms with Gasteiger partial charge >= 0.3 is 0 Å². The minimum Gasteiger partial charge on any atom is -0.507 e. The highest BCUT2D eigenvalue weighted by atomic mass is 16.5. The van der Waals surface area contributed by atoms with Gasteiger partial charge in [-0.3, -0.25) is 9.89 Å². The van der Waals surface area contributed by atoms with Crippen molar-refractivity contribution in [3.05, 3.63) is 29.5 Å². The molecule has 0 spiro atoms. The van der Waals surface area contributed by atoms with Crippen molar-refractivity contribution >= 4 is 17.4 Å². The number of amides is 1. The Labute approximate surface area is 109 Å².